The van der Waals surface area contributed by atoms with E-state index >= 15 is 0 Å². The second kappa shape index (κ2) is 6.53. The Morgan fingerprint density at radius 1 is 1.00 bits per heavy atom. The van der Waals surface area contributed by atoms with Gasteiger partial charge in [-0.25, -0.2) is 0 Å². The van der Waals surface area contributed by atoms with Gasteiger partial charge in [-0.1, -0.05) is 24.3 Å². The lowest BCUT2D eigenvalue weighted by Gasteiger charge is -2.13. The minimum atomic E-state index is -0.329. The first-order chi connectivity index (χ1) is 11.5. The fourth-order valence-electron chi connectivity index (χ4n) is 2.60. The molecule has 0 unspecified atom stereocenters. The largest absolute Gasteiger partial charge is 0.507 e. The highest BCUT2D eigenvalue weighted by Crippen LogP contribution is 2.36. The van der Waals surface area contributed by atoms with Crippen molar-refractivity contribution in [2.24, 2.45) is 0 Å². The van der Waals surface area contributed by atoms with Crippen molar-refractivity contribution < 1.29 is 19.4 Å². The lowest BCUT2D eigenvalue weighted by molar-refractivity contribution is 0.103. The van der Waals surface area contributed by atoms with E-state index in [9.17, 15) is 9.90 Å². The number of aromatic hydroxyl groups is 1. The van der Waals surface area contributed by atoms with E-state index in [4.69, 9.17) is 9.47 Å². The molecule has 3 aromatic carbocycles. The number of halogens is 1. The molecule has 0 atom stereocenters. The topological polar surface area (TPSA) is 55.8 Å². The molecule has 0 heterocycles. The Bertz CT molecular complexity index is 934. The molecule has 3 aromatic rings. The third kappa shape index (κ3) is 2.83. The Labute approximate surface area is 147 Å². The van der Waals surface area contributed by atoms with Crippen molar-refractivity contribution in [2.45, 2.75) is 0 Å². The van der Waals surface area contributed by atoms with E-state index in [1.165, 1.54) is 14.2 Å². The third-order valence-corrected chi connectivity index (χ3v) is 4.44. The molecule has 0 aromatic heterocycles. The number of carbonyl (C=O) groups excluding carboxylic acids is 1. The molecular formula is C19H15BrO4. The van der Waals surface area contributed by atoms with Gasteiger partial charge in [-0.05, 0) is 44.9 Å². The first-order valence-electron chi connectivity index (χ1n) is 7.23. The van der Waals surface area contributed by atoms with Gasteiger partial charge in [-0.15, -0.1) is 0 Å². The minimum Gasteiger partial charge on any atom is -0.507 e. The van der Waals surface area contributed by atoms with Gasteiger partial charge in [-0.2, -0.15) is 0 Å². The summed E-state index contributed by atoms with van der Waals surface area (Å²) in [5.41, 5.74) is 0.557. The first-order valence-corrected chi connectivity index (χ1v) is 8.02. The Hall–Kier alpha value is -2.53. The van der Waals surface area contributed by atoms with Crippen LogP contribution < -0.4 is 9.47 Å². The molecule has 0 fully saturated rings. The van der Waals surface area contributed by atoms with Crippen LogP contribution in [0.1, 0.15) is 15.9 Å². The predicted octanol–water partition coefficient (Wildman–Crippen LogP) is 4.56. The van der Waals surface area contributed by atoms with Crippen LogP contribution in [0.2, 0.25) is 0 Å². The smallest absolute Gasteiger partial charge is 0.201 e. The molecule has 3 rings (SSSR count). The molecule has 0 saturated heterocycles. The predicted molar refractivity (Wildman–Crippen MR) is 96.3 cm³/mol. The van der Waals surface area contributed by atoms with Crippen LogP contribution in [0.4, 0.5) is 0 Å². The van der Waals surface area contributed by atoms with Crippen LogP contribution >= 0.6 is 15.9 Å². The normalized spacial score (nSPS) is 10.6. The summed E-state index contributed by atoms with van der Waals surface area (Å²) in [6.45, 7) is 0. The summed E-state index contributed by atoms with van der Waals surface area (Å²) in [6.07, 6.45) is 0. The van der Waals surface area contributed by atoms with Crippen molar-refractivity contribution in [3.63, 3.8) is 0 Å². The maximum atomic E-state index is 13.0. The molecule has 24 heavy (non-hydrogen) atoms. The number of rotatable bonds is 4. The van der Waals surface area contributed by atoms with E-state index in [-0.39, 0.29) is 17.1 Å². The van der Waals surface area contributed by atoms with Crippen molar-refractivity contribution in [1.82, 2.24) is 0 Å². The summed E-state index contributed by atoms with van der Waals surface area (Å²) < 4.78 is 11.1. The summed E-state index contributed by atoms with van der Waals surface area (Å²) in [6, 6.07) is 14.1. The van der Waals surface area contributed by atoms with Crippen molar-refractivity contribution in [3.05, 3.63) is 64.1 Å². The van der Waals surface area contributed by atoms with Crippen molar-refractivity contribution in [1.29, 1.82) is 0 Å². The van der Waals surface area contributed by atoms with Crippen LogP contribution in [0.3, 0.4) is 0 Å². The molecule has 0 radical (unpaired) electrons. The molecule has 4 nitrogen and oxygen atoms in total. The van der Waals surface area contributed by atoms with Crippen LogP contribution in [0.5, 0.6) is 17.2 Å². The zero-order valence-corrected chi connectivity index (χ0v) is 14.8. The number of fused-ring (bicyclic) bond motifs is 1. The number of ketones is 1. The van der Waals surface area contributed by atoms with Crippen LogP contribution in [0, 0.1) is 0 Å². The Morgan fingerprint density at radius 2 is 1.67 bits per heavy atom. The Balaban J connectivity index is 2.18. The number of ether oxygens (including phenoxy) is 2. The molecule has 5 heteroatoms. The second-order valence-electron chi connectivity index (χ2n) is 5.23. The standard InChI is InChI=1S/C19H15BrO4/c1-23-13-9-15(20)18(17(10-13)24-2)19(22)14-7-11-5-3-4-6-12(11)8-16(14)21/h3-10,21H,1-2H3. The number of phenolic OH excluding ortho intramolecular Hbond substituents is 1. The molecule has 1 N–H and O–H groups in total. The summed E-state index contributed by atoms with van der Waals surface area (Å²) in [4.78, 5) is 13.0. The maximum Gasteiger partial charge on any atom is 0.201 e. The third-order valence-electron chi connectivity index (χ3n) is 3.82. The van der Waals surface area contributed by atoms with Crippen LogP contribution in [-0.2, 0) is 0 Å². The Kier molecular flexibility index (Phi) is 4.44. The molecule has 122 valence electrons. The summed E-state index contributed by atoms with van der Waals surface area (Å²) in [5.74, 6) is 0.546. The second-order valence-corrected chi connectivity index (χ2v) is 6.09. The molecular weight excluding hydrogens is 372 g/mol. The maximum absolute atomic E-state index is 13.0. The SMILES string of the molecule is COc1cc(Br)c(C(=O)c2cc3ccccc3cc2O)c(OC)c1. The van der Waals surface area contributed by atoms with Gasteiger partial charge in [-0.3, -0.25) is 4.79 Å². The number of hydrogen-bond acceptors (Lipinski definition) is 4. The lowest BCUT2D eigenvalue weighted by Crippen LogP contribution is -2.06. The zero-order valence-electron chi connectivity index (χ0n) is 13.2. The van der Waals surface area contributed by atoms with Crippen LogP contribution in [0.25, 0.3) is 10.8 Å². The Morgan fingerprint density at radius 3 is 2.29 bits per heavy atom. The zero-order chi connectivity index (χ0) is 17.3. The highest BCUT2D eigenvalue weighted by Gasteiger charge is 2.22. The van der Waals surface area contributed by atoms with Gasteiger partial charge in [0.15, 0.2) is 0 Å². The fraction of sp³-hybridized carbons (Fsp3) is 0.105. The van der Waals surface area contributed by atoms with Gasteiger partial charge in [0.2, 0.25) is 5.78 Å². The van der Waals surface area contributed by atoms with E-state index in [0.29, 0.717) is 21.5 Å². The van der Waals surface area contributed by atoms with Gasteiger partial charge in [0, 0.05) is 10.5 Å². The van der Waals surface area contributed by atoms with Gasteiger partial charge in [0.05, 0.1) is 25.3 Å². The number of methoxy groups -OCH3 is 2. The molecule has 0 aliphatic heterocycles. The van der Waals surface area contributed by atoms with Crippen molar-refractivity contribution >= 4 is 32.5 Å². The van der Waals surface area contributed by atoms with E-state index in [2.05, 4.69) is 15.9 Å². The van der Waals surface area contributed by atoms with Crippen LogP contribution in [-0.4, -0.2) is 25.1 Å². The number of benzene rings is 3. The highest BCUT2D eigenvalue weighted by molar-refractivity contribution is 9.10. The summed E-state index contributed by atoms with van der Waals surface area (Å²) >= 11 is 3.39. The van der Waals surface area contributed by atoms with Gasteiger partial charge < -0.3 is 14.6 Å². The average Bonchev–Trinajstić information content (AvgIpc) is 2.59. The fourth-order valence-corrected chi connectivity index (χ4v) is 3.20. The van der Waals surface area contributed by atoms with Gasteiger partial charge in [0.1, 0.15) is 17.2 Å². The van der Waals surface area contributed by atoms with E-state index in [1.807, 2.05) is 24.3 Å². The van der Waals surface area contributed by atoms with E-state index in [1.54, 1.807) is 24.3 Å². The van der Waals surface area contributed by atoms with E-state index < -0.39 is 0 Å². The van der Waals surface area contributed by atoms with E-state index in [0.717, 1.165) is 10.8 Å². The first kappa shape index (κ1) is 16.3. The number of carbonyl (C=O) groups is 1. The minimum absolute atomic E-state index is 0.0662. The molecule has 0 aliphatic carbocycles. The monoisotopic (exact) mass is 386 g/mol. The number of hydrogen-bond donors (Lipinski definition) is 1. The number of phenols is 1. The van der Waals surface area contributed by atoms with Crippen molar-refractivity contribution in [3.8, 4) is 17.2 Å². The van der Waals surface area contributed by atoms with Crippen LogP contribution in [0.15, 0.2) is 53.0 Å². The molecule has 0 aliphatic rings. The average molecular weight is 387 g/mol. The molecule has 0 saturated carbocycles. The molecule has 0 bridgehead atoms. The lowest BCUT2D eigenvalue weighted by atomic mass is 9.98. The summed E-state index contributed by atoms with van der Waals surface area (Å²) in [5, 5.41) is 12.0. The quantitative estimate of drug-likeness (QED) is 0.667. The van der Waals surface area contributed by atoms with Crippen molar-refractivity contribution in [2.75, 3.05) is 14.2 Å². The summed E-state index contributed by atoms with van der Waals surface area (Å²) in [7, 11) is 3.02. The highest BCUT2D eigenvalue weighted by atomic mass is 79.9. The van der Waals surface area contributed by atoms with Gasteiger partial charge in [0.25, 0.3) is 0 Å². The molecule has 0 spiro atoms. The van der Waals surface area contributed by atoms with Gasteiger partial charge >= 0.3 is 0 Å². The molecule has 0 amide bonds.